The predicted molar refractivity (Wildman–Crippen MR) is 104 cm³/mol. The van der Waals surface area contributed by atoms with E-state index in [9.17, 15) is 9.59 Å². The van der Waals surface area contributed by atoms with Crippen molar-refractivity contribution >= 4 is 35.9 Å². The minimum Gasteiger partial charge on any atom is -0.383 e. The van der Waals surface area contributed by atoms with Crippen molar-refractivity contribution in [2.75, 3.05) is 39.9 Å². The van der Waals surface area contributed by atoms with E-state index in [1.165, 1.54) is 0 Å². The van der Waals surface area contributed by atoms with Crippen molar-refractivity contribution in [2.24, 2.45) is 0 Å². The quantitative estimate of drug-likeness (QED) is 0.670. The molecular weight excluding hydrogens is 379 g/mol. The van der Waals surface area contributed by atoms with E-state index in [1.54, 1.807) is 14.0 Å². The van der Waals surface area contributed by atoms with Crippen molar-refractivity contribution in [3.63, 3.8) is 0 Å². The van der Waals surface area contributed by atoms with Gasteiger partial charge in [0.15, 0.2) is 0 Å². The molecular formula is C17H26Cl2N4O3. The van der Waals surface area contributed by atoms with Gasteiger partial charge in [-0.3, -0.25) is 15.0 Å². The number of benzene rings is 1. The van der Waals surface area contributed by atoms with Crippen LogP contribution >= 0.6 is 24.0 Å². The molecule has 7 nitrogen and oxygen atoms in total. The molecule has 1 aromatic carbocycles. The maximum absolute atomic E-state index is 12.2. The first kappa shape index (κ1) is 22.7. The molecule has 0 aromatic heterocycles. The van der Waals surface area contributed by atoms with Crippen LogP contribution in [0.15, 0.2) is 24.3 Å². The lowest BCUT2D eigenvalue weighted by Gasteiger charge is -2.36. The van der Waals surface area contributed by atoms with Gasteiger partial charge in [-0.1, -0.05) is 23.7 Å². The zero-order chi connectivity index (χ0) is 18.2. The van der Waals surface area contributed by atoms with Gasteiger partial charge in [-0.25, -0.2) is 4.79 Å². The number of ether oxygens (including phenoxy) is 1. The van der Waals surface area contributed by atoms with Crippen molar-refractivity contribution in [2.45, 2.75) is 19.0 Å². The zero-order valence-electron chi connectivity index (χ0n) is 15.0. The van der Waals surface area contributed by atoms with E-state index < -0.39 is 6.03 Å². The number of nitrogens with zero attached hydrogens (tertiary/aromatic N) is 1. The van der Waals surface area contributed by atoms with E-state index >= 15 is 0 Å². The predicted octanol–water partition coefficient (Wildman–Crippen LogP) is 1.57. The average molecular weight is 405 g/mol. The van der Waals surface area contributed by atoms with Gasteiger partial charge >= 0.3 is 6.03 Å². The fourth-order valence-corrected chi connectivity index (χ4v) is 3.08. The number of imide groups is 1. The van der Waals surface area contributed by atoms with Crippen molar-refractivity contribution in [3.8, 4) is 0 Å². The number of rotatable bonds is 6. The molecule has 9 heteroatoms. The average Bonchev–Trinajstić information content (AvgIpc) is 2.55. The highest BCUT2D eigenvalue weighted by molar-refractivity contribution is 6.30. The van der Waals surface area contributed by atoms with E-state index in [4.69, 9.17) is 16.3 Å². The first-order valence-corrected chi connectivity index (χ1v) is 8.67. The Bertz CT molecular complexity index is 603. The van der Waals surface area contributed by atoms with Gasteiger partial charge in [0.25, 0.3) is 0 Å². The van der Waals surface area contributed by atoms with Gasteiger partial charge in [0.2, 0.25) is 5.91 Å². The molecule has 2 unspecified atom stereocenters. The Kier molecular flexibility index (Phi) is 9.90. The van der Waals surface area contributed by atoms with Crippen molar-refractivity contribution < 1.29 is 14.3 Å². The third-order valence-corrected chi connectivity index (χ3v) is 4.22. The molecule has 0 bridgehead atoms. The van der Waals surface area contributed by atoms with Gasteiger partial charge in [-0.15, -0.1) is 12.4 Å². The van der Waals surface area contributed by atoms with Crippen LogP contribution in [0.4, 0.5) is 4.79 Å². The van der Waals surface area contributed by atoms with Gasteiger partial charge in [0.05, 0.1) is 19.2 Å². The number of hydrogen-bond acceptors (Lipinski definition) is 5. The Morgan fingerprint density at radius 2 is 2.23 bits per heavy atom. The molecule has 0 saturated carbocycles. The van der Waals surface area contributed by atoms with Crippen LogP contribution < -0.4 is 16.0 Å². The Labute approximate surface area is 165 Å². The Balaban J connectivity index is 0.00000338. The van der Waals surface area contributed by atoms with Crippen LogP contribution in [0.5, 0.6) is 0 Å². The topological polar surface area (TPSA) is 82.7 Å². The summed E-state index contributed by atoms with van der Waals surface area (Å²) in [4.78, 5) is 26.1. The molecule has 146 valence electrons. The number of methoxy groups -OCH3 is 1. The summed E-state index contributed by atoms with van der Waals surface area (Å²) in [5.74, 6) is -0.337. The highest BCUT2D eigenvalue weighted by atomic mass is 35.5. The zero-order valence-corrected chi connectivity index (χ0v) is 16.5. The van der Waals surface area contributed by atoms with Crippen LogP contribution in [0.3, 0.4) is 0 Å². The molecule has 1 saturated heterocycles. The van der Waals surface area contributed by atoms with Crippen LogP contribution in [0, 0.1) is 0 Å². The van der Waals surface area contributed by atoms with Crippen LogP contribution in [0.25, 0.3) is 0 Å². The summed E-state index contributed by atoms with van der Waals surface area (Å²) in [7, 11) is 1.56. The highest BCUT2D eigenvalue weighted by Crippen LogP contribution is 2.24. The molecule has 1 aliphatic rings. The molecule has 3 N–H and O–H groups in total. The van der Waals surface area contributed by atoms with E-state index in [0.29, 0.717) is 18.2 Å². The molecule has 0 radical (unpaired) electrons. The monoisotopic (exact) mass is 404 g/mol. The van der Waals surface area contributed by atoms with Crippen LogP contribution in [0.2, 0.25) is 5.02 Å². The maximum Gasteiger partial charge on any atom is 0.321 e. The molecule has 26 heavy (non-hydrogen) atoms. The van der Waals surface area contributed by atoms with E-state index in [2.05, 4.69) is 16.0 Å². The summed E-state index contributed by atoms with van der Waals surface area (Å²) in [6, 6.07) is 6.98. The van der Waals surface area contributed by atoms with Gasteiger partial charge in [0, 0.05) is 37.8 Å². The normalized spacial score (nSPS) is 18.5. The summed E-state index contributed by atoms with van der Waals surface area (Å²) in [5, 5.41) is 9.02. The number of urea groups is 1. The fourth-order valence-electron chi connectivity index (χ4n) is 2.88. The van der Waals surface area contributed by atoms with Crippen molar-refractivity contribution in [1.29, 1.82) is 0 Å². The lowest BCUT2D eigenvalue weighted by atomic mass is 10.0. The first-order chi connectivity index (χ1) is 12.0. The molecule has 1 aromatic rings. The minimum atomic E-state index is -0.510. The summed E-state index contributed by atoms with van der Waals surface area (Å²) in [6.45, 7) is 4.57. The second-order valence-corrected chi connectivity index (χ2v) is 6.56. The van der Waals surface area contributed by atoms with E-state index in [-0.39, 0.29) is 36.9 Å². The lowest BCUT2D eigenvalue weighted by Crippen LogP contribution is -2.52. The van der Waals surface area contributed by atoms with Crippen LogP contribution in [-0.2, 0) is 9.53 Å². The number of nitrogens with one attached hydrogen (secondary N) is 3. The van der Waals surface area contributed by atoms with E-state index in [0.717, 1.165) is 18.7 Å². The first-order valence-electron chi connectivity index (χ1n) is 8.29. The highest BCUT2D eigenvalue weighted by Gasteiger charge is 2.26. The molecule has 1 fully saturated rings. The van der Waals surface area contributed by atoms with Gasteiger partial charge in [-0.05, 0) is 24.6 Å². The number of piperazine rings is 1. The second-order valence-electron chi connectivity index (χ2n) is 6.12. The molecule has 2 rings (SSSR count). The van der Waals surface area contributed by atoms with Crippen LogP contribution in [0.1, 0.15) is 18.5 Å². The molecule has 3 amide bonds. The summed E-state index contributed by atoms with van der Waals surface area (Å²) in [6.07, 6.45) is 0. The fraction of sp³-hybridized carbons (Fsp3) is 0.529. The standard InChI is InChI=1S/C17H25ClN4O3.ClH/c1-12(11-25-2)20-17(24)21-16(23)10-22-7-6-19-9-15(22)13-4-3-5-14(18)8-13;/h3-5,8,12,15,19H,6-7,9-11H2,1-2H3,(H2,20,21,23,24);1H. The lowest BCUT2D eigenvalue weighted by molar-refractivity contribution is -0.122. The second kappa shape index (κ2) is 11.4. The van der Waals surface area contributed by atoms with Crippen molar-refractivity contribution in [1.82, 2.24) is 20.9 Å². The third-order valence-electron chi connectivity index (χ3n) is 3.98. The summed E-state index contributed by atoms with van der Waals surface area (Å²) >= 11 is 6.08. The minimum absolute atomic E-state index is 0. The Hall–Kier alpha value is -1.38. The number of amides is 3. The van der Waals surface area contributed by atoms with Crippen molar-refractivity contribution in [3.05, 3.63) is 34.9 Å². The summed E-state index contributed by atoms with van der Waals surface area (Å²) < 4.78 is 4.95. The SMILES string of the molecule is COCC(C)NC(=O)NC(=O)CN1CCNCC1c1cccc(Cl)c1.Cl. The number of hydrogen-bond donors (Lipinski definition) is 3. The van der Waals surface area contributed by atoms with Gasteiger partial charge < -0.3 is 15.4 Å². The van der Waals surface area contributed by atoms with Gasteiger partial charge in [0.1, 0.15) is 0 Å². The summed E-state index contributed by atoms with van der Waals surface area (Å²) in [5.41, 5.74) is 1.05. The van der Waals surface area contributed by atoms with E-state index in [1.807, 2.05) is 29.2 Å². The molecule has 1 aliphatic heterocycles. The number of carbonyl (C=O) groups excluding carboxylic acids is 2. The van der Waals surface area contributed by atoms with Gasteiger partial charge in [-0.2, -0.15) is 0 Å². The Morgan fingerprint density at radius 1 is 1.46 bits per heavy atom. The maximum atomic E-state index is 12.2. The third kappa shape index (κ3) is 7.09. The largest absolute Gasteiger partial charge is 0.383 e. The molecule has 0 aliphatic carbocycles. The van der Waals surface area contributed by atoms with Crippen LogP contribution in [-0.4, -0.2) is 62.8 Å². The number of carbonyl (C=O) groups is 2. The molecule has 0 spiro atoms. The smallest absolute Gasteiger partial charge is 0.321 e. The Morgan fingerprint density at radius 3 is 2.92 bits per heavy atom. The molecule has 2 atom stereocenters. The molecule has 1 heterocycles. The number of halogens is 2.